The number of benzene rings is 1. The molecule has 3 aliphatic carbocycles. The molecule has 0 amide bonds. The molecule has 172 valence electrons. The summed E-state index contributed by atoms with van der Waals surface area (Å²) in [4.78, 5) is 9.51. The van der Waals surface area contributed by atoms with Crippen molar-refractivity contribution in [3.8, 4) is 0 Å². The van der Waals surface area contributed by atoms with E-state index in [1.165, 1.54) is 29.7 Å². The van der Waals surface area contributed by atoms with Gasteiger partial charge in [-0.3, -0.25) is 4.98 Å². The van der Waals surface area contributed by atoms with Crippen LogP contribution in [0, 0.1) is 11.3 Å². The minimum Gasteiger partial charge on any atom is -0.598 e. The minimum absolute atomic E-state index is 0.147. The van der Waals surface area contributed by atoms with E-state index in [0.717, 1.165) is 48.7 Å². The van der Waals surface area contributed by atoms with Crippen molar-refractivity contribution in [2.75, 3.05) is 5.75 Å². The fraction of sp³-hybridized carbons (Fsp3) is 0.615. The highest BCUT2D eigenvalue weighted by Crippen LogP contribution is 2.56. The Morgan fingerprint density at radius 2 is 1.84 bits per heavy atom. The first kappa shape index (κ1) is 22.7. The summed E-state index contributed by atoms with van der Waals surface area (Å²) >= 11 is 0.766. The second kappa shape index (κ2) is 8.94. The number of hydrogen-bond acceptors (Lipinski definition) is 5. The van der Waals surface area contributed by atoms with Gasteiger partial charge in [0.05, 0.1) is 17.9 Å². The fourth-order valence-corrected chi connectivity index (χ4v) is 7.25. The van der Waals surface area contributed by atoms with Gasteiger partial charge >= 0.3 is 0 Å². The molecule has 0 radical (unpaired) electrons. The van der Waals surface area contributed by atoms with E-state index in [2.05, 4.69) is 29.0 Å². The highest BCUT2D eigenvalue weighted by Gasteiger charge is 2.50. The van der Waals surface area contributed by atoms with Crippen molar-refractivity contribution in [3.05, 3.63) is 53.5 Å². The van der Waals surface area contributed by atoms with Gasteiger partial charge in [-0.15, -0.1) is 16.5 Å². The molecular formula is C26H35N3OS2. The summed E-state index contributed by atoms with van der Waals surface area (Å²) in [6.07, 6.45) is 12.3. The van der Waals surface area contributed by atoms with Crippen LogP contribution in [0.25, 0.3) is 0 Å². The number of aromatic nitrogens is 2. The number of hydrogen-bond donors (Lipinski definition) is 1. The molecule has 2 saturated carbocycles. The van der Waals surface area contributed by atoms with E-state index >= 15 is 0 Å². The van der Waals surface area contributed by atoms with Gasteiger partial charge in [0.1, 0.15) is 9.77 Å². The van der Waals surface area contributed by atoms with Gasteiger partial charge in [-0.05, 0) is 88.2 Å². The Morgan fingerprint density at radius 3 is 2.50 bits per heavy atom. The minimum atomic E-state index is -1.09. The first-order chi connectivity index (χ1) is 15.3. The van der Waals surface area contributed by atoms with Gasteiger partial charge in [0.15, 0.2) is 0 Å². The number of fused-ring (bicyclic) bond motifs is 1. The molecule has 6 heteroatoms. The second-order valence-corrected chi connectivity index (χ2v) is 14.0. The van der Waals surface area contributed by atoms with Crippen molar-refractivity contribution >= 4 is 23.1 Å². The van der Waals surface area contributed by atoms with Gasteiger partial charge in [-0.25, -0.2) is 4.98 Å². The van der Waals surface area contributed by atoms with Crippen LogP contribution in [0.2, 0.25) is 0 Å². The van der Waals surface area contributed by atoms with E-state index in [1.54, 1.807) is 0 Å². The predicted molar refractivity (Wildman–Crippen MR) is 133 cm³/mol. The molecule has 5 rings (SSSR count). The van der Waals surface area contributed by atoms with Gasteiger partial charge in [-0.2, -0.15) is 0 Å². The monoisotopic (exact) mass is 469 g/mol. The molecule has 2 atom stereocenters. The zero-order valence-corrected chi connectivity index (χ0v) is 21.1. The van der Waals surface area contributed by atoms with Gasteiger partial charge in [0, 0.05) is 29.2 Å². The highest BCUT2D eigenvalue weighted by atomic mass is 32.2. The van der Waals surface area contributed by atoms with E-state index < -0.39 is 11.4 Å². The SMILES string of the molecule is CC(C)(C)[S@@+]([O-])N[C@@H]1c2ccccc2C[C@]12CC[C@H](c1cnc(SCC3CC3)cn1)CC2. The zero-order valence-electron chi connectivity index (χ0n) is 19.5. The summed E-state index contributed by atoms with van der Waals surface area (Å²) in [5, 5.41) is 1.06. The van der Waals surface area contributed by atoms with Gasteiger partial charge < -0.3 is 4.55 Å². The Morgan fingerprint density at radius 1 is 1.09 bits per heavy atom. The predicted octanol–water partition coefficient (Wildman–Crippen LogP) is 5.97. The maximum atomic E-state index is 13.1. The molecule has 32 heavy (non-hydrogen) atoms. The average molecular weight is 470 g/mol. The average Bonchev–Trinajstić information content (AvgIpc) is 3.57. The molecule has 1 spiro atoms. The fourth-order valence-electron chi connectivity index (χ4n) is 5.31. The lowest BCUT2D eigenvalue weighted by molar-refractivity contribution is 0.139. The van der Waals surface area contributed by atoms with Crippen molar-refractivity contribution in [3.63, 3.8) is 0 Å². The van der Waals surface area contributed by atoms with E-state index in [0.29, 0.717) is 5.92 Å². The molecule has 3 aliphatic rings. The molecule has 0 aliphatic heterocycles. The van der Waals surface area contributed by atoms with E-state index in [1.807, 2.05) is 44.9 Å². The van der Waals surface area contributed by atoms with Crippen LogP contribution in [-0.2, 0) is 17.8 Å². The zero-order chi connectivity index (χ0) is 22.3. The molecule has 2 aromatic rings. The van der Waals surface area contributed by atoms with Crippen molar-refractivity contribution < 1.29 is 4.55 Å². The smallest absolute Gasteiger partial charge is 0.136 e. The van der Waals surface area contributed by atoms with E-state index in [-0.39, 0.29) is 16.2 Å². The van der Waals surface area contributed by atoms with Crippen LogP contribution in [0.1, 0.15) is 88.1 Å². The van der Waals surface area contributed by atoms with Crippen LogP contribution < -0.4 is 4.72 Å². The Balaban J connectivity index is 1.28. The summed E-state index contributed by atoms with van der Waals surface area (Å²) in [6.45, 7) is 6.14. The van der Waals surface area contributed by atoms with Gasteiger partial charge in [-0.1, -0.05) is 24.3 Å². The third kappa shape index (κ3) is 4.75. The first-order valence-electron chi connectivity index (χ1n) is 12.0. The van der Waals surface area contributed by atoms with Crippen molar-refractivity contribution in [2.24, 2.45) is 11.3 Å². The summed E-state index contributed by atoms with van der Waals surface area (Å²) in [5.74, 6) is 2.57. The Labute approximate surface area is 200 Å². The number of thioether (sulfide) groups is 1. The Kier molecular flexibility index (Phi) is 6.34. The lowest BCUT2D eigenvalue weighted by Gasteiger charge is -2.42. The summed E-state index contributed by atoms with van der Waals surface area (Å²) < 4.78 is 16.3. The quantitative estimate of drug-likeness (QED) is 0.417. The third-order valence-corrected chi connectivity index (χ3v) is 10.2. The summed E-state index contributed by atoms with van der Waals surface area (Å²) in [7, 11) is 0. The molecular weight excluding hydrogens is 434 g/mol. The topological polar surface area (TPSA) is 60.9 Å². The first-order valence-corrected chi connectivity index (χ1v) is 14.2. The van der Waals surface area contributed by atoms with Crippen LogP contribution in [-0.4, -0.2) is 25.0 Å². The van der Waals surface area contributed by atoms with Crippen LogP contribution in [0.3, 0.4) is 0 Å². The van der Waals surface area contributed by atoms with Crippen LogP contribution in [0.4, 0.5) is 0 Å². The van der Waals surface area contributed by atoms with Crippen molar-refractivity contribution in [1.29, 1.82) is 0 Å². The van der Waals surface area contributed by atoms with Crippen LogP contribution >= 0.6 is 11.8 Å². The molecule has 2 fully saturated rings. The normalized spacial score (nSPS) is 28.6. The number of nitrogens with one attached hydrogen (secondary N) is 1. The summed E-state index contributed by atoms with van der Waals surface area (Å²) in [6, 6.07) is 8.91. The van der Waals surface area contributed by atoms with Gasteiger partial charge in [0.25, 0.3) is 0 Å². The maximum absolute atomic E-state index is 13.1. The highest BCUT2D eigenvalue weighted by molar-refractivity contribution is 7.99. The van der Waals surface area contributed by atoms with Crippen molar-refractivity contribution in [1.82, 2.24) is 14.7 Å². The molecule has 1 aromatic heterocycles. The van der Waals surface area contributed by atoms with Crippen molar-refractivity contribution in [2.45, 2.75) is 87.4 Å². The molecule has 0 bridgehead atoms. The molecule has 1 heterocycles. The maximum Gasteiger partial charge on any atom is 0.136 e. The molecule has 1 N–H and O–H groups in total. The van der Waals surface area contributed by atoms with Gasteiger partial charge in [0.2, 0.25) is 0 Å². The second-order valence-electron chi connectivity index (χ2n) is 11.0. The van der Waals surface area contributed by atoms with Crippen LogP contribution in [0.5, 0.6) is 0 Å². The van der Waals surface area contributed by atoms with E-state index in [4.69, 9.17) is 9.97 Å². The largest absolute Gasteiger partial charge is 0.598 e. The van der Waals surface area contributed by atoms with E-state index in [9.17, 15) is 4.55 Å². The lowest BCUT2D eigenvalue weighted by atomic mass is 9.66. The summed E-state index contributed by atoms with van der Waals surface area (Å²) in [5.41, 5.74) is 4.06. The number of nitrogens with zero attached hydrogens (tertiary/aromatic N) is 2. The Hall–Kier alpha value is -1.08. The van der Waals surface area contributed by atoms with Crippen LogP contribution in [0.15, 0.2) is 41.7 Å². The standard InChI is InChI=1S/C26H35N3OS2/c1-25(2,3)32(30)29-24-21-7-5-4-6-20(21)14-26(24)12-10-19(11-13-26)22-15-28-23(16-27-22)31-17-18-8-9-18/h4-7,15-16,18-19,24,29H,8-14,17H2,1-3H3/t19-,24-,26+,32-/m1/s1. The molecule has 4 nitrogen and oxygen atoms in total. The molecule has 0 unspecified atom stereocenters. The number of rotatable bonds is 6. The lowest BCUT2D eigenvalue weighted by Crippen LogP contribution is -2.46. The Bertz CT molecular complexity index is 931. The molecule has 1 aromatic carbocycles. The third-order valence-electron chi connectivity index (χ3n) is 7.51. The molecule has 0 saturated heterocycles.